The van der Waals surface area contributed by atoms with Gasteiger partial charge < -0.3 is 18.9 Å². The van der Waals surface area contributed by atoms with E-state index in [1.807, 2.05) is 0 Å². The van der Waals surface area contributed by atoms with Crippen molar-refractivity contribution in [1.29, 1.82) is 0 Å². The molecule has 1 aliphatic heterocycles. The lowest BCUT2D eigenvalue weighted by molar-refractivity contribution is -0.172. The van der Waals surface area contributed by atoms with Gasteiger partial charge in [0.2, 0.25) is 0 Å². The summed E-state index contributed by atoms with van der Waals surface area (Å²) in [5.41, 5.74) is 0.901. The Kier molecular flexibility index (Phi) is 7.82. The predicted molar refractivity (Wildman–Crippen MR) is 112 cm³/mol. The number of hydrogen-bond donors (Lipinski definition) is 0. The largest absolute Gasteiger partial charge is 0.381 e. The lowest BCUT2D eigenvalue weighted by Gasteiger charge is -2.62. The normalized spacial score (nSPS) is 27.6. The van der Waals surface area contributed by atoms with Gasteiger partial charge in [0.05, 0.1) is 24.4 Å². The minimum Gasteiger partial charge on any atom is -0.381 e. The third kappa shape index (κ3) is 6.40. The van der Waals surface area contributed by atoms with Crippen LogP contribution < -0.4 is 0 Å². The molecule has 1 heterocycles. The Bertz CT molecular complexity index is 456. The van der Waals surface area contributed by atoms with E-state index in [-0.39, 0.29) is 0 Å². The molecule has 0 N–H and O–H groups in total. The zero-order valence-electron chi connectivity index (χ0n) is 18.9. The summed E-state index contributed by atoms with van der Waals surface area (Å²) in [4.78, 5) is 2.59. The molecule has 2 aliphatic carbocycles. The Morgan fingerprint density at radius 2 is 1.43 bits per heavy atom. The van der Waals surface area contributed by atoms with Gasteiger partial charge in [-0.3, -0.25) is 4.90 Å². The first-order valence-electron chi connectivity index (χ1n) is 11.5. The van der Waals surface area contributed by atoms with Gasteiger partial charge in [0.25, 0.3) is 0 Å². The Balaban J connectivity index is 1.06. The van der Waals surface area contributed by atoms with Crippen LogP contribution in [0, 0.1) is 5.41 Å². The lowest BCUT2D eigenvalue weighted by Crippen LogP contribution is -2.68. The molecule has 0 aromatic carbocycles. The molecular weight excluding hydrogens is 354 g/mol. The maximum Gasteiger partial charge on any atom is 0.0628 e. The summed E-state index contributed by atoms with van der Waals surface area (Å²) < 4.78 is 23.3. The van der Waals surface area contributed by atoms with Crippen LogP contribution in [0.4, 0.5) is 0 Å². The number of likely N-dealkylation sites (tertiary alicyclic amines) is 1. The first kappa shape index (κ1) is 22.5. The van der Waals surface area contributed by atoms with Gasteiger partial charge in [-0.2, -0.15) is 0 Å². The smallest absolute Gasteiger partial charge is 0.0628 e. The van der Waals surface area contributed by atoms with Gasteiger partial charge in [-0.15, -0.1) is 0 Å². The second kappa shape index (κ2) is 9.74. The van der Waals surface area contributed by atoms with Gasteiger partial charge in [-0.05, 0) is 73.1 Å². The average Bonchev–Trinajstić information content (AvgIpc) is 2.48. The first-order valence-corrected chi connectivity index (χ1v) is 11.5. The van der Waals surface area contributed by atoms with Crippen LogP contribution in [-0.4, -0.2) is 74.4 Å². The second-order valence-corrected chi connectivity index (χ2v) is 10.5. The van der Waals surface area contributed by atoms with E-state index in [0.717, 1.165) is 52.1 Å². The molecule has 0 unspecified atom stereocenters. The Labute approximate surface area is 172 Å². The van der Waals surface area contributed by atoms with Crippen LogP contribution in [0.3, 0.4) is 0 Å². The van der Waals surface area contributed by atoms with Crippen LogP contribution >= 0.6 is 0 Å². The summed E-state index contributed by atoms with van der Waals surface area (Å²) in [7, 11) is 0. The molecule has 0 radical (unpaired) electrons. The third-order valence-corrected chi connectivity index (χ3v) is 6.41. The van der Waals surface area contributed by atoms with E-state index >= 15 is 0 Å². The van der Waals surface area contributed by atoms with E-state index in [9.17, 15) is 0 Å². The molecule has 0 bridgehead atoms. The van der Waals surface area contributed by atoms with Crippen molar-refractivity contribution in [3.8, 4) is 0 Å². The Morgan fingerprint density at radius 3 is 1.96 bits per heavy atom. The van der Waals surface area contributed by atoms with E-state index < -0.39 is 0 Å². The first-order chi connectivity index (χ1) is 13.3. The van der Waals surface area contributed by atoms with Crippen LogP contribution in [0.5, 0.6) is 0 Å². The SMILES string of the molecule is CC(C)OC1CC(OCCCOCCCOC2CC3(C2)CN(C(C)(C)C)C3)C1. The summed E-state index contributed by atoms with van der Waals surface area (Å²) in [6, 6.07) is 0. The van der Waals surface area contributed by atoms with E-state index in [2.05, 4.69) is 39.5 Å². The monoisotopic (exact) mass is 397 g/mol. The summed E-state index contributed by atoms with van der Waals surface area (Å²) in [6.07, 6.45) is 8.19. The molecule has 3 rings (SSSR count). The van der Waals surface area contributed by atoms with Crippen LogP contribution in [-0.2, 0) is 18.9 Å². The van der Waals surface area contributed by atoms with Crippen molar-refractivity contribution >= 4 is 0 Å². The molecule has 3 fully saturated rings. The fourth-order valence-corrected chi connectivity index (χ4v) is 4.59. The molecule has 1 spiro atoms. The highest BCUT2D eigenvalue weighted by Crippen LogP contribution is 2.51. The molecule has 28 heavy (non-hydrogen) atoms. The number of rotatable bonds is 12. The van der Waals surface area contributed by atoms with Crippen molar-refractivity contribution in [2.75, 3.05) is 39.5 Å². The second-order valence-electron chi connectivity index (χ2n) is 10.5. The number of nitrogens with zero attached hydrogens (tertiary/aromatic N) is 1. The van der Waals surface area contributed by atoms with Gasteiger partial charge >= 0.3 is 0 Å². The number of hydrogen-bond acceptors (Lipinski definition) is 5. The van der Waals surface area contributed by atoms with Crippen LogP contribution in [0.1, 0.15) is 73.1 Å². The quantitative estimate of drug-likeness (QED) is 0.465. The van der Waals surface area contributed by atoms with Crippen LogP contribution in [0.2, 0.25) is 0 Å². The van der Waals surface area contributed by atoms with E-state index in [4.69, 9.17) is 18.9 Å². The number of ether oxygens (including phenoxy) is 4. The van der Waals surface area contributed by atoms with E-state index in [1.165, 1.54) is 25.9 Å². The third-order valence-electron chi connectivity index (χ3n) is 6.41. The Hall–Kier alpha value is -0.200. The van der Waals surface area contributed by atoms with Gasteiger partial charge in [0.1, 0.15) is 0 Å². The fourth-order valence-electron chi connectivity index (χ4n) is 4.59. The van der Waals surface area contributed by atoms with Crippen molar-refractivity contribution in [3.05, 3.63) is 0 Å². The molecule has 0 amide bonds. The Morgan fingerprint density at radius 1 is 0.857 bits per heavy atom. The average molecular weight is 398 g/mol. The van der Waals surface area contributed by atoms with Crippen LogP contribution in [0.15, 0.2) is 0 Å². The van der Waals surface area contributed by atoms with Crippen molar-refractivity contribution in [2.24, 2.45) is 5.41 Å². The van der Waals surface area contributed by atoms with Crippen molar-refractivity contribution < 1.29 is 18.9 Å². The molecule has 0 aromatic rings. The van der Waals surface area contributed by atoms with Crippen molar-refractivity contribution in [2.45, 2.75) is 103 Å². The minimum atomic E-state index is 0.321. The summed E-state index contributed by atoms with van der Waals surface area (Å²) in [5, 5.41) is 0. The zero-order chi connectivity index (χ0) is 20.2. The molecule has 1 saturated heterocycles. The summed E-state index contributed by atoms with van der Waals surface area (Å²) in [6.45, 7) is 16.8. The van der Waals surface area contributed by atoms with Crippen LogP contribution in [0.25, 0.3) is 0 Å². The topological polar surface area (TPSA) is 40.2 Å². The molecule has 0 atom stereocenters. The molecular formula is C23H43NO4. The van der Waals surface area contributed by atoms with Crippen molar-refractivity contribution in [3.63, 3.8) is 0 Å². The zero-order valence-corrected chi connectivity index (χ0v) is 18.9. The minimum absolute atomic E-state index is 0.321. The molecule has 3 aliphatic rings. The van der Waals surface area contributed by atoms with E-state index in [0.29, 0.717) is 35.4 Å². The maximum absolute atomic E-state index is 6.01. The molecule has 164 valence electrons. The molecule has 5 heteroatoms. The van der Waals surface area contributed by atoms with Gasteiger partial charge in [-0.25, -0.2) is 0 Å². The summed E-state index contributed by atoms with van der Waals surface area (Å²) >= 11 is 0. The standard InChI is InChI=1S/C23H43NO4/c1-18(2)28-20-12-19(13-20)26-10-6-8-25-9-7-11-27-21-14-23(15-21)16-24(17-23)22(3,4)5/h18-21H,6-17H2,1-5H3. The molecule has 2 saturated carbocycles. The van der Waals surface area contributed by atoms with Gasteiger partial charge in [-0.1, -0.05) is 0 Å². The molecule has 0 aromatic heterocycles. The highest BCUT2D eigenvalue weighted by atomic mass is 16.5. The fraction of sp³-hybridized carbons (Fsp3) is 1.00. The van der Waals surface area contributed by atoms with Gasteiger partial charge in [0, 0.05) is 50.5 Å². The lowest BCUT2D eigenvalue weighted by atomic mass is 9.61. The highest BCUT2D eigenvalue weighted by Gasteiger charge is 2.54. The van der Waals surface area contributed by atoms with Crippen molar-refractivity contribution in [1.82, 2.24) is 4.90 Å². The molecule has 5 nitrogen and oxygen atoms in total. The van der Waals surface area contributed by atoms with Gasteiger partial charge in [0.15, 0.2) is 0 Å². The van der Waals surface area contributed by atoms with E-state index in [1.54, 1.807) is 0 Å². The maximum atomic E-state index is 6.01. The highest BCUT2D eigenvalue weighted by molar-refractivity contribution is 5.07. The summed E-state index contributed by atoms with van der Waals surface area (Å²) in [5.74, 6) is 0. The predicted octanol–water partition coefficient (Wildman–Crippen LogP) is 4.04.